The third-order valence-corrected chi connectivity index (χ3v) is 2.85. The number of halogens is 1. The van der Waals surface area contributed by atoms with E-state index in [1.807, 2.05) is 18.2 Å². The smallest absolute Gasteiger partial charge is 0.320 e. The highest BCUT2D eigenvalue weighted by Crippen LogP contribution is 2.16. The van der Waals surface area contributed by atoms with Crippen molar-refractivity contribution >= 4 is 29.0 Å². The van der Waals surface area contributed by atoms with Gasteiger partial charge in [0.2, 0.25) is 0 Å². The van der Waals surface area contributed by atoms with Crippen molar-refractivity contribution in [2.75, 3.05) is 17.2 Å². The van der Waals surface area contributed by atoms with Crippen LogP contribution >= 0.6 is 11.6 Å². The number of rotatable bonds is 2. The van der Waals surface area contributed by atoms with E-state index in [1.54, 1.807) is 30.3 Å². The molecule has 2 amide bonds. The molecule has 2 rings (SSSR count). The molecule has 106 valence electrons. The molecule has 0 atom stereocenters. The first-order chi connectivity index (χ1) is 10.2. The Kier molecular flexibility index (Phi) is 5.22. The number of hydrogen-bond donors (Lipinski definition) is 3. The van der Waals surface area contributed by atoms with Crippen molar-refractivity contribution in [3.8, 4) is 11.8 Å². The van der Waals surface area contributed by atoms with Gasteiger partial charge in [-0.25, -0.2) is 4.79 Å². The Hall–Kier alpha value is -2.48. The van der Waals surface area contributed by atoms with Crippen LogP contribution in [-0.4, -0.2) is 12.6 Å². The minimum absolute atomic E-state index is 0.269. The van der Waals surface area contributed by atoms with Gasteiger partial charge in [0.1, 0.15) is 0 Å². The second-order valence-corrected chi connectivity index (χ2v) is 4.57. The van der Waals surface area contributed by atoms with Crippen LogP contribution in [0.1, 0.15) is 5.56 Å². The highest BCUT2D eigenvalue weighted by Gasteiger charge is 2.05. The van der Waals surface area contributed by atoms with Gasteiger partial charge in [-0.3, -0.25) is 0 Å². The highest BCUT2D eigenvalue weighted by molar-refractivity contribution is 6.30. The molecule has 2 aromatic carbocycles. The van der Waals surface area contributed by atoms with Crippen molar-refractivity contribution in [1.82, 2.24) is 0 Å². The van der Waals surface area contributed by atoms with Crippen molar-refractivity contribution in [2.24, 2.45) is 5.73 Å². The lowest BCUT2D eigenvalue weighted by Crippen LogP contribution is -2.19. The summed E-state index contributed by atoms with van der Waals surface area (Å²) in [5, 5.41) is 6.09. The molecular formula is C16H14ClN3O. The van der Waals surface area contributed by atoms with Crippen LogP contribution in [0.4, 0.5) is 16.2 Å². The molecule has 0 fully saturated rings. The van der Waals surface area contributed by atoms with Gasteiger partial charge in [-0.15, -0.1) is 0 Å². The van der Waals surface area contributed by atoms with Crippen molar-refractivity contribution < 1.29 is 4.79 Å². The molecule has 21 heavy (non-hydrogen) atoms. The maximum atomic E-state index is 12.0. The fourth-order valence-electron chi connectivity index (χ4n) is 1.67. The Morgan fingerprint density at radius 1 is 1.10 bits per heavy atom. The molecule has 0 radical (unpaired) electrons. The predicted octanol–water partition coefficient (Wildman–Crippen LogP) is 3.29. The largest absolute Gasteiger partial charge is 0.323 e. The molecule has 0 aromatic heterocycles. The summed E-state index contributed by atoms with van der Waals surface area (Å²) >= 11 is 5.79. The van der Waals surface area contributed by atoms with Crippen LogP contribution < -0.4 is 16.4 Å². The summed E-state index contributed by atoms with van der Waals surface area (Å²) in [6, 6.07) is 13.8. The molecule has 0 bridgehead atoms. The number of anilines is 2. The Labute approximate surface area is 128 Å². The highest BCUT2D eigenvalue weighted by atomic mass is 35.5. The van der Waals surface area contributed by atoms with E-state index in [4.69, 9.17) is 17.3 Å². The molecular weight excluding hydrogens is 286 g/mol. The first-order valence-electron chi connectivity index (χ1n) is 6.30. The first kappa shape index (κ1) is 14.9. The van der Waals surface area contributed by atoms with E-state index >= 15 is 0 Å². The van der Waals surface area contributed by atoms with Gasteiger partial charge in [0.25, 0.3) is 0 Å². The molecule has 0 unspecified atom stereocenters. The van der Waals surface area contributed by atoms with Crippen LogP contribution in [0.25, 0.3) is 0 Å². The second kappa shape index (κ2) is 7.34. The number of carbonyl (C=O) groups is 1. The minimum atomic E-state index is -0.348. The molecule has 0 saturated heterocycles. The third kappa shape index (κ3) is 4.53. The zero-order chi connectivity index (χ0) is 15.1. The molecule has 0 aliphatic carbocycles. The maximum absolute atomic E-state index is 12.0. The zero-order valence-electron chi connectivity index (χ0n) is 11.2. The van der Waals surface area contributed by atoms with E-state index in [1.165, 1.54) is 0 Å². The van der Waals surface area contributed by atoms with Crippen LogP contribution in [-0.2, 0) is 0 Å². The summed E-state index contributed by atoms with van der Waals surface area (Å²) in [4.78, 5) is 12.0. The normalized spacial score (nSPS) is 9.43. The maximum Gasteiger partial charge on any atom is 0.323 e. The number of hydrogen-bond acceptors (Lipinski definition) is 2. The minimum Gasteiger partial charge on any atom is -0.320 e. The van der Waals surface area contributed by atoms with Gasteiger partial charge in [0, 0.05) is 16.3 Å². The lowest BCUT2D eigenvalue weighted by molar-refractivity contribution is 0.262. The number of carbonyl (C=O) groups excluding carboxylic acids is 1. The van der Waals surface area contributed by atoms with E-state index in [0.717, 1.165) is 0 Å². The van der Waals surface area contributed by atoms with Crippen LogP contribution in [0.2, 0.25) is 5.02 Å². The molecule has 0 heterocycles. The Balaban J connectivity index is 2.07. The van der Waals surface area contributed by atoms with E-state index < -0.39 is 0 Å². The Morgan fingerprint density at radius 2 is 1.81 bits per heavy atom. The number of urea groups is 1. The summed E-state index contributed by atoms with van der Waals surface area (Å²) in [5.74, 6) is 5.68. The Bertz CT molecular complexity index is 687. The first-order valence-corrected chi connectivity index (χ1v) is 6.68. The average Bonchev–Trinajstić information content (AvgIpc) is 2.49. The van der Waals surface area contributed by atoms with Crippen LogP contribution in [0.5, 0.6) is 0 Å². The summed E-state index contributed by atoms with van der Waals surface area (Å²) < 4.78 is 0. The molecule has 4 nitrogen and oxygen atoms in total. The van der Waals surface area contributed by atoms with Gasteiger partial charge in [0.05, 0.1) is 12.2 Å². The van der Waals surface area contributed by atoms with Gasteiger partial charge in [0.15, 0.2) is 0 Å². The quantitative estimate of drug-likeness (QED) is 0.745. The molecule has 4 N–H and O–H groups in total. The van der Waals surface area contributed by atoms with Crippen molar-refractivity contribution in [3.63, 3.8) is 0 Å². The van der Waals surface area contributed by atoms with Gasteiger partial charge in [-0.05, 0) is 36.4 Å². The summed E-state index contributed by atoms with van der Waals surface area (Å²) in [7, 11) is 0. The van der Waals surface area contributed by atoms with Crippen LogP contribution in [0.15, 0.2) is 48.5 Å². The van der Waals surface area contributed by atoms with E-state index in [9.17, 15) is 4.79 Å². The van der Waals surface area contributed by atoms with E-state index in [0.29, 0.717) is 22.0 Å². The van der Waals surface area contributed by atoms with Gasteiger partial charge in [-0.1, -0.05) is 35.6 Å². The monoisotopic (exact) mass is 299 g/mol. The lowest BCUT2D eigenvalue weighted by atomic mass is 10.2. The van der Waals surface area contributed by atoms with Crippen molar-refractivity contribution in [2.45, 2.75) is 0 Å². The summed E-state index contributed by atoms with van der Waals surface area (Å²) in [6.45, 7) is 0.269. The fourth-order valence-corrected chi connectivity index (χ4v) is 1.79. The van der Waals surface area contributed by atoms with Gasteiger partial charge in [-0.2, -0.15) is 0 Å². The summed E-state index contributed by atoms with van der Waals surface area (Å²) in [6.07, 6.45) is 0. The van der Waals surface area contributed by atoms with E-state index in [2.05, 4.69) is 22.5 Å². The van der Waals surface area contributed by atoms with Gasteiger partial charge < -0.3 is 16.4 Å². The molecule has 0 aliphatic rings. The lowest BCUT2D eigenvalue weighted by Gasteiger charge is -2.09. The summed E-state index contributed by atoms with van der Waals surface area (Å²) in [5.41, 5.74) is 7.36. The molecule has 0 spiro atoms. The second-order valence-electron chi connectivity index (χ2n) is 4.14. The molecule has 0 saturated carbocycles. The van der Waals surface area contributed by atoms with Gasteiger partial charge >= 0.3 is 6.03 Å². The fraction of sp³-hybridized carbons (Fsp3) is 0.0625. The topological polar surface area (TPSA) is 67.1 Å². The standard InChI is InChI=1S/C16H14ClN3O/c17-13-7-9-14(10-8-13)19-16(21)20-15-6-2-1-4-12(15)5-3-11-18/h1-2,4,6-10H,11,18H2,(H2,19,20,21). The number of benzene rings is 2. The average molecular weight is 300 g/mol. The van der Waals surface area contributed by atoms with Crippen LogP contribution in [0.3, 0.4) is 0 Å². The van der Waals surface area contributed by atoms with E-state index in [-0.39, 0.29) is 12.6 Å². The number of nitrogens with one attached hydrogen (secondary N) is 2. The number of nitrogens with two attached hydrogens (primary N) is 1. The third-order valence-electron chi connectivity index (χ3n) is 2.60. The number of para-hydroxylation sites is 1. The molecule has 0 aliphatic heterocycles. The van der Waals surface area contributed by atoms with Crippen molar-refractivity contribution in [1.29, 1.82) is 0 Å². The van der Waals surface area contributed by atoms with Crippen LogP contribution in [0, 0.1) is 11.8 Å². The zero-order valence-corrected chi connectivity index (χ0v) is 11.9. The molecule has 2 aromatic rings. The Morgan fingerprint density at radius 3 is 2.52 bits per heavy atom. The predicted molar refractivity (Wildman–Crippen MR) is 86.5 cm³/mol. The van der Waals surface area contributed by atoms with Crippen molar-refractivity contribution in [3.05, 3.63) is 59.1 Å². The number of amides is 2. The SMILES string of the molecule is NCC#Cc1ccccc1NC(=O)Nc1ccc(Cl)cc1. The molecule has 5 heteroatoms.